The average molecular weight is 1010 g/mol. The largest absolute Gasteiger partial charge is 0.465 e. The van der Waals surface area contributed by atoms with Gasteiger partial charge in [-0.05, 0) is 104 Å². The summed E-state index contributed by atoms with van der Waals surface area (Å²) >= 11 is 0. The van der Waals surface area contributed by atoms with Gasteiger partial charge in [0.2, 0.25) is 11.8 Å². The van der Waals surface area contributed by atoms with Crippen LogP contribution in [0.5, 0.6) is 0 Å². The predicted octanol–water partition coefficient (Wildman–Crippen LogP) is 8.05. The lowest BCUT2D eigenvalue weighted by Gasteiger charge is -2.37. The highest BCUT2D eigenvalue weighted by Gasteiger charge is 2.46. The van der Waals surface area contributed by atoms with Crippen molar-refractivity contribution in [2.24, 2.45) is 0 Å². The number of fused-ring (bicyclic) bond motifs is 5. The van der Waals surface area contributed by atoms with Crippen LogP contribution in [0.4, 0.5) is 9.18 Å². The van der Waals surface area contributed by atoms with E-state index in [1.54, 1.807) is 44.2 Å². The third-order valence-electron chi connectivity index (χ3n) is 15.4. The zero-order valence-electron chi connectivity index (χ0n) is 42.0. The molecule has 0 fully saturated rings. The molecule has 10 rings (SSSR count). The highest BCUT2D eigenvalue weighted by molar-refractivity contribution is 5.95. The van der Waals surface area contributed by atoms with Crippen LogP contribution < -0.4 is 26.8 Å². The van der Waals surface area contributed by atoms with E-state index in [0.717, 1.165) is 33.4 Å². The number of rotatable bonds is 17. The van der Waals surface area contributed by atoms with Crippen molar-refractivity contribution >= 4 is 34.8 Å². The molecule has 3 amide bonds. The number of pyridine rings is 2. The number of hydrogen-bond acceptors (Lipinski definition) is 9. The number of aromatic nitrogens is 2. The summed E-state index contributed by atoms with van der Waals surface area (Å²) in [6, 6.07) is 37.8. The fourth-order valence-corrected chi connectivity index (χ4v) is 11.5. The Balaban J connectivity index is 0.981. The Morgan fingerprint density at radius 1 is 0.827 bits per heavy atom. The Morgan fingerprint density at radius 3 is 2.13 bits per heavy atom. The molecule has 3 aliphatic rings. The molecule has 384 valence electrons. The second-order valence-electron chi connectivity index (χ2n) is 19.9. The highest BCUT2D eigenvalue weighted by atomic mass is 19.1. The summed E-state index contributed by atoms with van der Waals surface area (Å²) in [5, 5.41) is 34.6. The summed E-state index contributed by atoms with van der Waals surface area (Å²) in [5.74, 6) is -2.50. The van der Waals surface area contributed by atoms with Crippen molar-refractivity contribution in [2.75, 3.05) is 6.54 Å². The number of aliphatic hydroxyl groups is 1. The van der Waals surface area contributed by atoms with Crippen molar-refractivity contribution in [3.63, 3.8) is 0 Å². The number of esters is 1. The van der Waals surface area contributed by atoms with Gasteiger partial charge in [-0.15, -0.1) is 0 Å². The number of halogens is 1. The number of nitrogens with zero attached hydrogens (tertiary/aromatic N) is 2. The molecule has 6 N–H and O–H groups in total. The number of aryl methyl sites for hydroxylation is 2. The van der Waals surface area contributed by atoms with Gasteiger partial charge >= 0.3 is 12.1 Å². The molecular formula is C60H59FN6O8. The number of carboxylic acid groups (broad SMARTS) is 1. The van der Waals surface area contributed by atoms with E-state index < -0.39 is 64.5 Å². The second kappa shape index (κ2) is 20.7. The molecule has 4 atom stereocenters. The van der Waals surface area contributed by atoms with Crippen LogP contribution in [0.3, 0.4) is 0 Å². The van der Waals surface area contributed by atoms with Crippen LogP contribution in [0, 0.1) is 19.7 Å². The first kappa shape index (κ1) is 50.5. The van der Waals surface area contributed by atoms with Crippen LogP contribution >= 0.6 is 0 Å². The van der Waals surface area contributed by atoms with Crippen LogP contribution in [0.15, 0.2) is 132 Å². The SMILES string of the molecule is CC[C@@]1(O)C(=O)OCc2c1cc1n(c2=O)Cc2c-1nc1cc(F)c(C)c3c1c2[C@@H](NC(=O)C(CCCCNC(c1ccccc1)(c1ccccc1)c1ccc(C)cc1)NC(=O)C(Cc1ccccc1)NC(=O)O)CC3. The summed E-state index contributed by atoms with van der Waals surface area (Å²) in [6.07, 6.45) is 0.555. The fourth-order valence-electron chi connectivity index (χ4n) is 11.5. The minimum absolute atomic E-state index is 0.0348. The van der Waals surface area contributed by atoms with E-state index in [9.17, 15) is 29.4 Å². The molecule has 0 spiro atoms. The quantitative estimate of drug-likeness (QED) is 0.0295. The Bertz CT molecular complexity index is 3370. The smallest absolute Gasteiger partial charge is 0.405 e. The zero-order chi connectivity index (χ0) is 52.6. The minimum atomic E-state index is -2.06. The summed E-state index contributed by atoms with van der Waals surface area (Å²) in [4.78, 5) is 73.8. The molecule has 4 heterocycles. The molecule has 75 heavy (non-hydrogen) atoms. The van der Waals surface area contributed by atoms with Crippen LogP contribution in [0.25, 0.3) is 22.3 Å². The lowest BCUT2D eigenvalue weighted by Crippen LogP contribution is -2.54. The van der Waals surface area contributed by atoms with Gasteiger partial charge in [0, 0.05) is 29.0 Å². The molecule has 2 unspecified atom stereocenters. The summed E-state index contributed by atoms with van der Waals surface area (Å²) in [5.41, 5.74) is 5.49. The molecule has 2 aliphatic heterocycles. The molecule has 1 aliphatic carbocycles. The average Bonchev–Trinajstić information content (AvgIpc) is 3.81. The van der Waals surface area contributed by atoms with Crippen LogP contribution in [-0.2, 0) is 56.3 Å². The number of nitrogens with one attached hydrogen (secondary N) is 4. The molecule has 0 radical (unpaired) electrons. The number of ether oxygens (including phenoxy) is 1. The monoisotopic (exact) mass is 1010 g/mol. The molecular weight excluding hydrogens is 952 g/mol. The molecule has 5 aromatic carbocycles. The molecule has 15 heteroatoms. The van der Waals surface area contributed by atoms with Gasteiger partial charge in [0.05, 0.1) is 40.6 Å². The normalized spacial score (nSPS) is 17.2. The number of benzene rings is 5. The van der Waals surface area contributed by atoms with Gasteiger partial charge in [0.1, 0.15) is 24.5 Å². The van der Waals surface area contributed by atoms with E-state index in [0.29, 0.717) is 71.2 Å². The summed E-state index contributed by atoms with van der Waals surface area (Å²) in [7, 11) is 0. The lowest BCUT2D eigenvalue weighted by atomic mass is 9.76. The number of carbonyl (C=O) groups is 4. The maximum Gasteiger partial charge on any atom is 0.405 e. The van der Waals surface area contributed by atoms with E-state index in [2.05, 4.69) is 76.7 Å². The van der Waals surface area contributed by atoms with E-state index >= 15 is 9.18 Å². The van der Waals surface area contributed by atoms with Gasteiger partial charge in [-0.1, -0.05) is 128 Å². The predicted molar refractivity (Wildman–Crippen MR) is 281 cm³/mol. The molecule has 7 aromatic rings. The Labute approximate surface area is 433 Å². The van der Waals surface area contributed by atoms with Crippen molar-refractivity contribution in [3.8, 4) is 11.4 Å². The number of carbonyl (C=O) groups excluding carboxylic acids is 3. The molecule has 14 nitrogen and oxygen atoms in total. The third-order valence-corrected chi connectivity index (χ3v) is 15.4. The number of cyclic esters (lactones) is 1. The van der Waals surface area contributed by atoms with Crippen molar-refractivity contribution in [3.05, 3.63) is 205 Å². The standard InChI is InChI=1S/C60H59FN6O8/c1-4-59(74)44-31-50-53-42(33-67(50)56(70)43(44)34-75-57(59)71)52-46(28-27-41-36(3)45(61)32-48(63-53)51(41)52)64-54(68)47(65-55(69)49(66-58(72)73)30-37-16-8-5-9-17-37)22-14-15-29-62-60(38-18-10-6-11-19-38,39-20-12-7-13-21-39)40-25-23-35(2)24-26-40/h5-13,16-21,23-26,31-32,46-47,49,62,66,74H,4,14-15,22,27-30,33-34H2,1-3H3,(H,64,68)(H,65,69)(H,72,73)/t46-,47?,49?,59-/m0/s1. The molecule has 0 saturated carbocycles. The van der Waals surface area contributed by atoms with E-state index in [1.165, 1.54) is 10.6 Å². The number of unbranched alkanes of at least 4 members (excludes halogenated alkanes) is 1. The van der Waals surface area contributed by atoms with E-state index in [1.807, 2.05) is 42.5 Å². The van der Waals surface area contributed by atoms with Gasteiger partial charge in [0.25, 0.3) is 5.56 Å². The Hall–Kier alpha value is -8.01. The van der Waals surface area contributed by atoms with Crippen molar-refractivity contribution in [1.82, 2.24) is 30.8 Å². The third kappa shape index (κ3) is 9.35. The van der Waals surface area contributed by atoms with Crippen molar-refractivity contribution < 1.29 is 38.5 Å². The zero-order valence-corrected chi connectivity index (χ0v) is 42.0. The van der Waals surface area contributed by atoms with Crippen LogP contribution in [-0.4, -0.2) is 62.3 Å². The first-order valence-electron chi connectivity index (χ1n) is 25.6. The van der Waals surface area contributed by atoms with Gasteiger partial charge in [-0.25, -0.2) is 19.0 Å². The number of hydrogen-bond donors (Lipinski definition) is 6. The van der Waals surface area contributed by atoms with Gasteiger partial charge in [-0.2, -0.15) is 0 Å². The lowest BCUT2D eigenvalue weighted by molar-refractivity contribution is -0.172. The number of amides is 3. The molecule has 2 aromatic heterocycles. The van der Waals surface area contributed by atoms with E-state index in [4.69, 9.17) is 9.72 Å². The molecule has 0 bridgehead atoms. The Kier molecular flexibility index (Phi) is 14.0. The van der Waals surface area contributed by atoms with Crippen LogP contribution in [0.2, 0.25) is 0 Å². The highest BCUT2D eigenvalue weighted by Crippen LogP contribution is 2.46. The maximum absolute atomic E-state index is 15.8. The van der Waals surface area contributed by atoms with E-state index in [-0.39, 0.29) is 43.5 Å². The van der Waals surface area contributed by atoms with Gasteiger partial charge < -0.3 is 35.5 Å². The van der Waals surface area contributed by atoms with Gasteiger partial charge in [-0.3, -0.25) is 19.7 Å². The maximum atomic E-state index is 15.8. The van der Waals surface area contributed by atoms with Gasteiger partial charge in [0.15, 0.2) is 5.60 Å². The second-order valence-corrected chi connectivity index (χ2v) is 19.9. The summed E-state index contributed by atoms with van der Waals surface area (Å²) < 4.78 is 22.6. The minimum Gasteiger partial charge on any atom is -0.465 e. The first-order valence-corrected chi connectivity index (χ1v) is 25.6. The van der Waals surface area contributed by atoms with Crippen molar-refractivity contribution in [2.45, 2.75) is 108 Å². The van der Waals surface area contributed by atoms with Crippen LogP contribution in [0.1, 0.15) is 106 Å². The van der Waals surface area contributed by atoms with Crippen molar-refractivity contribution in [1.29, 1.82) is 0 Å². The first-order chi connectivity index (χ1) is 36.2. The topological polar surface area (TPSA) is 201 Å². The summed E-state index contributed by atoms with van der Waals surface area (Å²) in [6.45, 7) is 5.62. The Morgan fingerprint density at radius 2 is 1.48 bits per heavy atom. The fraction of sp³-hybridized carbons (Fsp3) is 0.300. The molecule has 0 saturated heterocycles.